The van der Waals surface area contributed by atoms with Crippen molar-refractivity contribution in [1.82, 2.24) is 10.6 Å². The Hall–Kier alpha value is -0.810. The molecule has 2 aliphatic rings. The fourth-order valence-electron chi connectivity index (χ4n) is 2.63. The third kappa shape index (κ3) is 3.59. The number of ether oxygens (including phenoxy) is 2. The van der Waals surface area contributed by atoms with Crippen molar-refractivity contribution in [3.05, 3.63) is 0 Å². The first-order chi connectivity index (χ1) is 8.74. The number of hydrogen-bond acceptors (Lipinski definition) is 3. The fourth-order valence-corrected chi connectivity index (χ4v) is 2.63. The number of amides is 2. The molecule has 1 spiro atoms. The highest BCUT2D eigenvalue weighted by Gasteiger charge is 2.41. The van der Waals surface area contributed by atoms with Gasteiger partial charge in [-0.2, -0.15) is 0 Å². The van der Waals surface area contributed by atoms with Gasteiger partial charge in [0.15, 0.2) is 0 Å². The molecule has 0 saturated carbocycles. The van der Waals surface area contributed by atoms with Gasteiger partial charge in [0.05, 0.1) is 12.2 Å². The first kappa shape index (κ1) is 13.6. The van der Waals surface area contributed by atoms with E-state index >= 15 is 0 Å². The predicted octanol–water partition coefficient (Wildman–Crippen LogP) is 1.42. The highest BCUT2D eigenvalue weighted by molar-refractivity contribution is 5.74. The zero-order valence-electron chi connectivity index (χ0n) is 11.2. The third-order valence-corrected chi connectivity index (χ3v) is 3.71. The van der Waals surface area contributed by atoms with E-state index < -0.39 is 0 Å². The molecule has 0 bridgehead atoms. The molecule has 0 aliphatic carbocycles. The van der Waals surface area contributed by atoms with Crippen LogP contribution >= 0.6 is 0 Å². The van der Waals surface area contributed by atoms with E-state index in [9.17, 15) is 4.79 Å². The number of nitrogens with one attached hydrogen (secondary N) is 2. The van der Waals surface area contributed by atoms with Crippen molar-refractivity contribution in [2.24, 2.45) is 0 Å². The predicted molar refractivity (Wildman–Crippen MR) is 68.6 cm³/mol. The molecule has 0 aromatic carbocycles. The number of urea groups is 1. The van der Waals surface area contributed by atoms with Gasteiger partial charge >= 0.3 is 6.03 Å². The molecule has 0 unspecified atom stereocenters. The van der Waals surface area contributed by atoms with Gasteiger partial charge in [0.1, 0.15) is 0 Å². The number of hydrogen-bond donors (Lipinski definition) is 2. The van der Waals surface area contributed by atoms with E-state index in [1.807, 2.05) is 0 Å². The van der Waals surface area contributed by atoms with Gasteiger partial charge in [-0.15, -0.1) is 0 Å². The highest BCUT2D eigenvalue weighted by Crippen LogP contribution is 2.32. The van der Waals surface area contributed by atoms with Crippen LogP contribution in [0, 0.1) is 0 Å². The Balaban J connectivity index is 1.73. The first-order valence-electron chi connectivity index (χ1n) is 7.00. The van der Waals surface area contributed by atoms with Gasteiger partial charge in [-0.25, -0.2) is 4.79 Å². The summed E-state index contributed by atoms with van der Waals surface area (Å²) in [6.45, 7) is 5.02. The lowest BCUT2D eigenvalue weighted by molar-refractivity contribution is -0.0878. The summed E-state index contributed by atoms with van der Waals surface area (Å²) in [5.41, 5.74) is -0.139. The minimum absolute atomic E-state index is 0.0515. The lowest BCUT2D eigenvalue weighted by atomic mass is 9.90. The van der Waals surface area contributed by atoms with Gasteiger partial charge in [0.2, 0.25) is 0 Å². The van der Waals surface area contributed by atoms with Crippen molar-refractivity contribution in [3.63, 3.8) is 0 Å². The van der Waals surface area contributed by atoms with E-state index in [1.165, 1.54) is 0 Å². The van der Waals surface area contributed by atoms with Crippen molar-refractivity contribution in [3.8, 4) is 0 Å². The maximum atomic E-state index is 11.7. The maximum Gasteiger partial charge on any atom is 0.315 e. The molecule has 0 aromatic rings. The van der Waals surface area contributed by atoms with Crippen LogP contribution in [0.1, 0.15) is 39.0 Å². The summed E-state index contributed by atoms with van der Waals surface area (Å²) in [6.07, 6.45) is 4.83. The molecule has 5 nitrogen and oxygen atoms in total. The molecule has 104 valence electrons. The van der Waals surface area contributed by atoms with Crippen LogP contribution in [0.3, 0.4) is 0 Å². The second-order valence-corrected chi connectivity index (χ2v) is 5.28. The lowest BCUT2D eigenvalue weighted by Gasteiger charge is -2.37. The number of carbonyl (C=O) groups is 1. The molecule has 18 heavy (non-hydrogen) atoms. The van der Waals surface area contributed by atoms with E-state index in [-0.39, 0.29) is 17.7 Å². The minimum Gasteiger partial charge on any atom is -0.378 e. The van der Waals surface area contributed by atoms with Gasteiger partial charge < -0.3 is 20.1 Å². The SMILES string of the molecule is CCCCNC(=O)N[C@@H]1CCO[C@]2(CCOC2)C1. The molecule has 2 N–H and O–H groups in total. The Morgan fingerprint density at radius 1 is 1.44 bits per heavy atom. The largest absolute Gasteiger partial charge is 0.378 e. The van der Waals surface area contributed by atoms with Crippen LogP contribution in [-0.2, 0) is 9.47 Å². The van der Waals surface area contributed by atoms with Crippen LogP contribution < -0.4 is 10.6 Å². The molecule has 2 saturated heterocycles. The molecular formula is C13H24N2O3. The Bertz CT molecular complexity index is 277. The zero-order valence-corrected chi connectivity index (χ0v) is 11.2. The molecule has 2 rings (SSSR count). The van der Waals surface area contributed by atoms with Crippen LogP contribution in [0.5, 0.6) is 0 Å². The van der Waals surface area contributed by atoms with E-state index in [1.54, 1.807) is 0 Å². The van der Waals surface area contributed by atoms with Crippen LogP contribution in [0.2, 0.25) is 0 Å². The van der Waals surface area contributed by atoms with Crippen molar-refractivity contribution < 1.29 is 14.3 Å². The monoisotopic (exact) mass is 256 g/mol. The quantitative estimate of drug-likeness (QED) is 0.748. The summed E-state index contributed by atoms with van der Waals surface area (Å²) in [6, 6.07) is 0.159. The molecule has 5 heteroatoms. The normalized spacial score (nSPS) is 31.5. The molecular weight excluding hydrogens is 232 g/mol. The second kappa shape index (κ2) is 6.38. The van der Waals surface area contributed by atoms with Crippen LogP contribution in [-0.4, -0.2) is 44.0 Å². The van der Waals surface area contributed by atoms with E-state index in [2.05, 4.69) is 17.6 Å². The molecule has 2 heterocycles. The average molecular weight is 256 g/mol. The third-order valence-electron chi connectivity index (χ3n) is 3.71. The Morgan fingerprint density at radius 2 is 2.33 bits per heavy atom. The van der Waals surface area contributed by atoms with E-state index in [0.717, 1.165) is 45.3 Å². The summed E-state index contributed by atoms with van der Waals surface area (Å²) in [4.78, 5) is 11.7. The van der Waals surface area contributed by atoms with Crippen molar-refractivity contribution in [2.75, 3.05) is 26.4 Å². The topological polar surface area (TPSA) is 59.6 Å². The lowest BCUT2D eigenvalue weighted by Crippen LogP contribution is -2.51. The van der Waals surface area contributed by atoms with Gasteiger partial charge in [-0.1, -0.05) is 13.3 Å². The van der Waals surface area contributed by atoms with Crippen LogP contribution in [0.25, 0.3) is 0 Å². The van der Waals surface area contributed by atoms with Crippen molar-refractivity contribution in [1.29, 1.82) is 0 Å². The zero-order chi connectivity index (χ0) is 12.8. The average Bonchev–Trinajstić information content (AvgIpc) is 2.77. The van der Waals surface area contributed by atoms with Crippen LogP contribution in [0.4, 0.5) is 4.79 Å². The summed E-state index contributed by atoms with van der Waals surface area (Å²) >= 11 is 0. The Labute approximate surface area is 109 Å². The number of unbranched alkanes of at least 4 members (excludes halogenated alkanes) is 1. The van der Waals surface area contributed by atoms with E-state index in [4.69, 9.17) is 9.47 Å². The first-order valence-corrected chi connectivity index (χ1v) is 7.00. The Kier molecular flexibility index (Phi) is 4.83. The van der Waals surface area contributed by atoms with Gasteiger partial charge in [-0.3, -0.25) is 0 Å². The highest BCUT2D eigenvalue weighted by atomic mass is 16.6. The molecule has 2 aliphatic heterocycles. The molecule has 2 fully saturated rings. The van der Waals surface area contributed by atoms with Crippen LogP contribution in [0.15, 0.2) is 0 Å². The van der Waals surface area contributed by atoms with Gasteiger partial charge in [0.25, 0.3) is 0 Å². The van der Waals surface area contributed by atoms with Crippen molar-refractivity contribution >= 4 is 6.03 Å². The smallest absolute Gasteiger partial charge is 0.315 e. The summed E-state index contributed by atoms with van der Waals surface area (Å²) in [5, 5.41) is 5.93. The molecule has 0 aromatic heterocycles. The van der Waals surface area contributed by atoms with Gasteiger partial charge in [0, 0.05) is 32.2 Å². The minimum atomic E-state index is -0.139. The molecule has 2 amide bonds. The molecule has 0 radical (unpaired) electrons. The summed E-state index contributed by atoms with van der Waals surface area (Å²) in [7, 11) is 0. The summed E-state index contributed by atoms with van der Waals surface area (Å²) in [5.74, 6) is 0. The maximum absolute atomic E-state index is 11.7. The fraction of sp³-hybridized carbons (Fsp3) is 0.923. The number of rotatable bonds is 4. The van der Waals surface area contributed by atoms with Gasteiger partial charge in [-0.05, 0) is 19.3 Å². The van der Waals surface area contributed by atoms with E-state index in [0.29, 0.717) is 13.2 Å². The second-order valence-electron chi connectivity index (χ2n) is 5.28. The number of carbonyl (C=O) groups excluding carboxylic acids is 1. The Morgan fingerprint density at radius 3 is 3.06 bits per heavy atom. The van der Waals surface area contributed by atoms with Crippen molar-refractivity contribution in [2.45, 2.75) is 50.7 Å². The summed E-state index contributed by atoms with van der Waals surface area (Å²) < 4.78 is 11.3. The standard InChI is InChI=1S/C13H24N2O3/c1-2-3-6-14-12(16)15-11-4-7-18-13(9-11)5-8-17-10-13/h11H,2-10H2,1H3,(H2,14,15,16)/t11-,13-/m1/s1. The molecule has 2 atom stereocenters.